The Morgan fingerprint density at radius 1 is 1.00 bits per heavy atom. The number of hydrogen-bond acceptors (Lipinski definition) is 1. The van der Waals surface area contributed by atoms with Crippen molar-refractivity contribution < 1.29 is 4.79 Å². The van der Waals surface area contributed by atoms with Crippen LogP contribution >= 0.6 is 0 Å². The van der Waals surface area contributed by atoms with Gasteiger partial charge < -0.3 is 4.90 Å². The molecule has 1 saturated heterocycles. The molecule has 0 unspecified atom stereocenters. The lowest BCUT2D eigenvalue weighted by molar-refractivity contribution is -0.131. The number of rotatable bonds is 0. The Kier molecular flexibility index (Phi) is 10.3. The highest BCUT2D eigenvalue weighted by atomic mass is 16.2. The average molecular weight is 201 g/mol. The van der Waals surface area contributed by atoms with Gasteiger partial charge in [0.1, 0.15) is 0 Å². The molecule has 0 bridgehead atoms. The fourth-order valence-electron chi connectivity index (χ4n) is 1.82. The van der Waals surface area contributed by atoms with E-state index in [1.807, 2.05) is 32.6 Å². The van der Waals surface area contributed by atoms with E-state index in [9.17, 15) is 4.79 Å². The van der Waals surface area contributed by atoms with Gasteiger partial charge in [-0.05, 0) is 26.7 Å². The van der Waals surface area contributed by atoms with Gasteiger partial charge in [0, 0.05) is 19.0 Å². The molecule has 1 aliphatic heterocycles. The van der Waals surface area contributed by atoms with E-state index in [0.29, 0.717) is 12.1 Å². The van der Waals surface area contributed by atoms with Crippen molar-refractivity contribution in [1.29, 1.82) is 0 Å². The number of carbonyl (C=O) groups is 1. The lowest BCUT2D eigenvalue weighted by atomic mass is 10.2. The summed E-state index contributed by atoms with van der Waals surface area (Å²) < 4.78 is 0. The Hall–Kier alpha value is -0.530. The second kappa shape index (κ2) is 9.04. The molecule has 86 valence electrons. The van der Waals surface area contributed by atoms with Crippen LogP contribution in [0.25, 0.3) is 0 Å². The zero-order chi connectivity index (χ0) is 11.7. The van der Waals surface area contributed by atoms with Crippen molar-refractivity contribution in [2.45, 2.75) is 73.4 Å². The van der Waals surface area contributed by atoms with Gasteiger partial charge in [-0.15, -0.1) is 0 Å². The molecule has 2 nitrogen and oxygen atoms in total. The van der Waals surface area contributed by atoms with E-state index < -0.39 is 0 Å². The highest BCUT2D eigenvalue weighted by Gasteiger charge is 2.28. The van der Waals surface area contributed by atoms with E-state index in [4.69, 9.17) is 0 Å². The van der Waals surface area contributed by atoms with Crippen LogP contribution in [0.4, 0.5) is 0 Å². The third-order valence-corrected chi connectivity index (χ3v) is 2.32. The molecule has 0 saturated carbocycles. The number of likely N-dealkylation sites (tertiary alicyclic amines) is 1. The lowest BCUT2D eigenvalue weighted by Gasteiger charge is -2.24. The molecular weight excluding hydrogens is 174 g/mol. The fourth-order valence-corrected chi connectivity index (χ4v) is 1.82. The average Bonchev–Trinajstić information content (AvgIpc) is 2.52. The van der Waals surface area contributed by atoms with Crippen LogP contribution < -0.4 is 0 Å². The van der Waals surface area contributed by atoms with Crippen molar-refractivity contribution in [2.75, 3.05) is 0 Å². The van der Waals surface area contributed by atoms with E-state index in [1.54, 1.807) is 6.92 Å². The first kappa shape index (κ1) is 15.9. The first-order valence-electron chi connectivity index (χ1n) is 5.92. The van der Waals surface area contributed by atoms with Gasteiger partial charge in [0.25, 0.3) is 0 Å². The summed E-state index contributed by atoms with van der Waals surface area (Å²) in [4.78, 5) is 13.0. The summed E-state index contributed by atoms with van der Waals surface area (Å²) in [7, 11) is 0. The zero-order valence-electron chi connectivity index (χ0n) is 10.9. The molecular formula is C12H27NO. The maximum Gasteiger partial charge on any atom is 0.219 e. The van der Waals surface area contributed by atoms with Crippen LogP contribution in [0.15, 0.2) is 0 Å². The second-order valence-corrected chi connectivity index (χ2v) is 3.20. The number of nitrogens with zero attached hydrogens (tertiary/aromatic N) is 1. The molecule has 1 amide bonds. The quantitative estimate of drug-likeness (QED) is 0.588. The molecule has 0 aromatic carbocycles. The third-order valence-electron chi connectivity index (χ3n) is 2.32. The monoisotopic (exact) mass is 201 g/mol. The summed E-state index contributed by atoms with van der Waals surface area (Å²) in [6.45, 7) is 13.9. The predicted octanol–water partition coefficient (Wildman–Crippen LogP) is 3.46. The van der Waals surface area contributed by atoms with E-state index in [1.165, 1.54) is 12.8 Å². The molecule has 14 heavy (non-hydrogen) atoms. The largest absolute Gasteiger partial charge is 0.338 e. The molecule has 1 heterocycles. The van der Waals surface area contributed by atoms with Crippen LogP contribution in [-0.2, 0) is 4.79 Å². The van der Waals surface area contributed by atoms with Gasteiger partial charge in [-0.3, -0.25) is 4.79 Å². The minimum absolute atomic E-state index is 0.220. The Balaban J connectivity index is 0. The van der Waals surface area contributed by atoms with Gasteiger partial charge in [0.2, 0.25) is 5.91 Å². The summed E-state index contributed by atoms with van der Waals surface area (Å²) in [5.74, 6) is 0.220. The number of hydrogen-bond donors (Lipinski definition) is 0. The van der Waals surface area contributed by atoms with E-state index >= 15 is 0 Å². The van der Waals surface area contributed by atoms with Crippen molar-refractivity contribution in [3.63, 3.8) is 0 Å². The van der Waals surface area contributed by atoms with Gasteiger partial charge in [0.15, 0.2) is 0 Å². The maximum absolute atomic E-state index is 11.0. The highest BCUT2D eigenvalue weighted by Crippen LogP contribution is 2.22. The van der Waals surface area contributed by atoms with Crippen LogP contribution in [0.2, 0.25) is 0 Å². The second-order valence-electron chi connectivity index (χ2n) is 3.20. The standard InChI is InChI=1S/C8H15NO.2C2H6/c1-6-4-5-7(2)9(6)8(3)10;2*1-2/h6-7H,4-5H2,1-3H3;2*1-2H3/t6-,7-;;/m1../s1. The van der Waals surface area contributed by atoms with Crippen molar-refractivity contribution >= 4 is 5.91 Å². The Labute approximate surface area is 89.7 Å². The van der Waals surface area contributed by atoms with Gasteiger partial charge in [0.05, 0.1) is 0 Å². The zero-order valence-corrected chi connectivity index (χ0v) is 10.9. The normalized spacial score (nSPS) is 24.4. The first-order valence-corrected chi connectivity index (χ1v) is 5.92. The van der Waals surface area contributed by atoms with Crippen molar-refractivity contribution in [2.24, 2.45) is 0 Å². The van der Waals surface area contributed by atoms with Gasteiger partial charge >= 0.3 is 0 Å². The molecule has 2 atom stereocenters. The molecule has 1 rings (SSSR count). The molecule has 2 heteroatoms. The van der Waals surface area contributed by atoms with Crippen LogP contribution in [0.5, 0.6) is 0 Å². The molecule has 0 N–H and O–H groups in total. The molecule has 0 radical (unpaired) electrons. The highest BCUT2D eigenvalue weighted by molar-refractivity contribution is 5.74. The maximum atomic E-state index is 11.0. The number of carbonyl (C=O) groups excluding carboxylic acids is 1. The van der Waals surface area contributed by atoms with E-state index in [-0.39, 0.29) is 5.91 Å². The third kappa shape index (κ3) is 4.64. The first-order chi connectivity index (χ1) is 6.63. The van der Waals surface area contributed by atoms with Gasteiger partial charge in [-0.1, -0.05) is 27.7 Å². The molecule has 0 aliphatic carbocycles. The van der Waals surface area contributed by atoms with Gasteiger partial charge in [-0.25, -0.2) is 0 Å². The summed E-state index contributed by atoms with van der Waals surface area (Å²) in [6, 6.07) is 0.931. The SMILES string of the molecule is CC.CC.CC(=O)N1[C@H](C)CC[C@H]1C. The Bertz CT molecular complexity index is 135. The van der Waals surface area contributed by atoms with E-state index in [0.717, 1.165) is 0 Å². The van der Waals surface area contributed by atoms with Crippen molar-refractivity contribution in [3.05, 3.63) is 0 Å². The smallest absolute Gasteiger partial charge is 0.219 e. The fraction of sp³-hybridized carbons (Fsp3) is 0.917. The molecule has 0 aromatic heterocycles. The minimum atomic E-state index is 0.220. The molecule has 1 aliphatic rings. The van der Waals surface area contributed by atoms with Crippen LogP contribution in [0, 0.1) is 0 Å². The summed E-state index contributed by atoms with van der Waals surface area (Å²) in [6.07, 6.45) is 2.33. The van der Waals surface area contributed by atoms with E-state index in [2.05, 4.69) is 13.8 Å². The van der Waals surface area contributed by atoms with Gasteiger partial charge in [-0.2, -0.15) is 0 Å². The lowest BCUT2D eigenvalue weighted by Crippen LogP contribution is -2.36. The summed E-state index contributed by atoms with van der Waals surface area (Å²) in [5.41, 5.74) is 0. The van der Waals surface area contributed by atoms with Crippen molar-refractivity contribution in [3.8, 4) is 0 Å². The molecule has 0 aromatic rings. The Morgan fingerprint density at radius 2 is 1.29 bits per heavy atom. The minimum Gasteiger partial charge on any atom is -0.338 e. The summed E-state index contributed by atoms with van der Waals surface area (Å²) >= 11 is 0. The van der Waals surface area contributed by atoms with Crippen LogP contribution in [0.3, 0.4) is 0 Å². The molecule has 1 fully saturated rings. The van der Waals surface area contributed by atoms with Crippen molar-refractivity contribution in [1.82, 2.24) is 4.90 Å². The topological polar surface area (TPSA) is 20.3 Å². The predicted molar refractivity (Wildman–Crippen MR) is 63.4 cm³/mol. The number of amides is 1. The van der Waals surface area contributed by atoms with Crippen LogP contribution in [0.1, 0.15) is 61.3 Å². The Morgan fingerprint density at radius 3 is 1.43 bits per heavy atom. The summed E-state index contributed by atoms with van der Waals surface area (Å²) in [5, 5.41) is 0. The van der Waals surface area contributed by atoms with Crippen LogP contribution in [-0.4, -0.2) is 22.9 Å². The molecule has 0 spiro atoms.